The lowest BCUT2D eigenvalue weighted by molar-refractivity contribution is 0.00980. The Labute approximate surface area is 87.7 Å². The molecule has 0 spiro atoms. The second kappa shape index (κ2) is 6.72. The molecule has 0 aromatic carbocycles. The van der Waals surface area contributed by atoms with E-state index in [9.17, 15) is 0 Å². The van der Waals surface area contributed by atoms with Gasteiger partial charge in [0, 0.05) is 6.61 Å². The minimum atomic E-state index is 0.562. The van der Waals surface area contributed by atoms with Crippen molar-refractivity contribution in [3.8, 4) is 0 Å². The first-order valence-corrected chi connectivity index (χ1v) is 6.10. The van der Waals surface area contributed by atoms with Crippen LogP contribution in [0, 0.1) is 0 Å². The van der Waals surface area contributed by atoms with E-state index in [-0.39, 0.29) is 0 Å². The predicted octanol–water partition coefficient (Wildman–Crippen LogP) is 3.43. The normalized spacial score (nSPS) is 25.8. The summed E-state index contributed by atoms with van der Waals surface area (Å²) in [4.78, 5) is 0. The molecule has 2 unspecified atom stereocenters. The first-order chi connectivity index (χ1) is 6.29. The highest BCUT2D eigenvalue weighted by atomic mass is 32.1. The summed E-state index contributed by atoms with van der Waals surface area (Å²) in [6.45, 7) is 3.16. The van der Waals surface area contributed by atoms with Gasteiger partial charge in [-0.2, -0.15) is 12.6 Å². The Kier molecular flexibility index (Phi) is 5.88. The van der Waals surface area contributed by atoms with Crippen LogP contribution in [0.25, 0.3) is 0 Å². The molecule has 0 amide bonds. The smallest absolute Gasteiger partial charge is 0.0575 e. The third kappa shape index (κ3) is 5.58. The highest BCUT2D eigenvalue weighted by molar-refractivity contribution is 7.80. The zero-order valence-electron chi connectivity index (χ0n) is 8.67. The molecule has 1 aliphatic heterocycles. The van der Waals surface area contributed by atoms with Crippen LogP contribution in [0.15, 0.2) is 0 Å². The summed E-state index contributed by atoms with van der Waals surface area (Å²) in [5.74, 6) is 0. The molecular formula is C11H22OS. The molecular weight excluding hydrogens is 180 g/mol. The second-order valence-electron chi connectivity index (χ2n) is 4.12. The second-order valence-corrected chi connectivity index (χ2v) is 5.00. The van der Waals surface area contributed by atoms with Gasteiger partial charge in [0.1, 0.15) is 0 Å². The van der Waals surface area contributed by atoms with E-state index in [0.717, 1.165) is 6.61 Å². The van der Waals surface area contributed by atoms with Gasteiger partial charge in [-0.1, -0.05) is 19.8 Å². The molecule has 0 bridgehead atoms. The van der Waals surface area contributed by atoms with Crippen molar-refractivity contribution in [1.29, 1.82) is 0 Å². The lowest BCUT2D eigenvalue weighted by Crippen LogP contribution is -2.18. The fourth-order valence-corrected chi connectivity index (χ4v) is 2.03. The standard InChI is InChI=1S/C11H22OS/c1-10(13)6-2-3-7-11-8-4-5-9-12-11/h10-11,13H,2-9H2,1H3. The van der Waals surface area contributed by atoms with Crippen LogP contribution < -0.4 is 0 Å². The van der Waals surface area contributed by atoms with Crippen LogP contribution in [-0.4, -0.2) is 18.0 Å². The zero-order chi connectivity index (χ0) is 9.52. The Morgan fingerprint density at radius 1 is 1.38 bits per heavy atom. The monoisotopic (exact) mass is 202 g/mol. The summed E-state index contributed by atoms with van der Waals surface area (Å²) < 4.78 is 5.67. The first-order valence-electron chi connectivity index (χ1n) is 5.58. The lowest BCUT2D eigenvalue weighted by atomic mass is 10.0. The number of thiol groups is 1. The van der Waals surface area contributed by atoms with E-state index >= 15 is 0 Å². The van der Waals surface area contributed by atoms with Gasteiger partial charge in [-0.25, -0.2) is 0 Å². The third-order valence-electron chi connectivity index (χ3n) is 2.67. The molecule has 1 heterocycles. The number of hydrogen-bond donors (Lipinski definition) is 1. The van der Waals surface area contributed by atoms with Crippen LogP contribution >= 0.6 is 12.6 Å². The number of ether oxygens (including phenoxy) is 1. The van der Waals surface area contributed by atoms with Crippen molar-refractivity contribution in [1.82, 2.24) is 0 Å². The van der Waals surface area contributed by atoms with E-state index in [4.69, 9.17) is 4.74 Å². The van der Waals surface area contributed by atoms with E-state index in [0.29, 0.717) is 11.4 Å². The van der Waals surface area contributed by atoms with Gasteiger partial charge in [-0.15, -0.1) is 0 Å². The summed E-state index contributed by atoms with van der Waals surface area (Å²) in [6.07, 6.45) is 9.63. The maximum absolute atomic E-state index is 5.67. The van der Waals surface area contributed by atoms with Crippen molar-refractivity contribution in [3.05, 3.63) is 0 Å². The Hall–Kier alpha value is 0.310. The molecule has 1 saturated heterocycles. The molecule has 0 N–H and O–H groups in total. The van der Waals surface area contributed by atoms with Gasteiger partial charge < -0.3 is 4.74 Å². The molecule has 1 aliphatic rings. The van der Waals surface area contributed by atoms with E-state index in [1.165, 1.54) is 44.9 Å². The lowest BCUT2D eigenvalue weighted by Gasteiger charge is -2.22. The first kappa shape index (κ1) is 11.4. The highest BCUT2D eigenvalue weighted by Crippen LogP contribution is 2.18. The van der Waals surface area contributed by atoms with E-state index in [1.807, 2.05) is 0 Å². The minimum Gasteiger partial charge on any atom is -0.378 e. The molecule has 2 atom stereocenters. The van der Waals surface area contributed by atoms with E-state index < -0.39 is 0 Å². The van der Waals surface area contributed by atoms with Gasteiger partial charge in [0.2, 0.25) is 0 Å². The van der Waals surface area contributed by atoms with Gasteiger partial charge in [0.25, 0.3) is 0 Å². The Balaban J connectivity index is 1.92. The average molecular weight is 202 g/mol. The number of hydrogen-bond acceptors (Lipinski definition) is 2. The predicted molar refractivity (Wildman–Crippen MR) is 60.5 cm³/mol. The van der Waals surface area contributed by atoms with E-state index in [1.54, 1.807) is 0 Å². The van der Waals surface area contributed by atoms with Crippen LogP contribution in [0.1, 0.15) is 51.9 Å². The number of rotatable bonds is 5. The van der Waals surface area contributed by atoms with Crippen LogP contribution in [-0.2, 0) is 4.74 Å². The van der Waals surface area contributed by atoms with Crippen molar-refractivity contribution >= 4 is 12.6 Å². The molecule has 1 fully saturated rings. The average Bonchev–Trinajstić information content (AvgIpc) is 2.14. The molecule has 1 rings (SSSR count). The van der Waals surface area contributed by atoms with E-state index in [2.05, 4.69) is 19.6 Å². The zero-order valence-corrected chi connectivity index (χ0v) is 9.56. The maximum Gasteiger partial charge on any atom is 0.0575 e. The molecule has 13 heavy (non-hydrogen) atoms. The Morgan fingerprint density at radius 3 is 2.85 bits per heavy atom. The number of unbranched alkanes of at least 4 members (excludes halogenated alkanes) is 1. The molecule has 0 aliphatic carbocycles. The van der Waals surface area contributed by atoms with Crippen LogP contribution in [0.5, 0.6) is 0 Å². The summed E-state index contributed by atoms with van der Waals surface area (Å²) in [5.41, 5.74) is 0. The minimum absolute atomic E-state index is 0.562. The third-order valence-corrected chi connectivity index (χ3v) is 2.93. The van der Waals surface area contributed by atoms with Gasteiger partial charge >= 0.3 is 0 Å². The van der Waals surface area contributed by atoms with Crippen LogP contribution in [0.2, 0.25) is 0 Å². The topological polar surface area (TPSA) is 9.23 Å². The van der Waals surface area contributed by atoms with Crippen molar-refractivity contribution in [2.45, 2.75) is 63.2 Å². The largest absolute Gasteiger partial charge is 0.378 e. The Morgan fingerprint density at radius 2 is 2.23 bits per heavy atom. The van der Waals surface area contributed by atoms with Crippen LogP contribution in [0.3, 0.4) is 0 Å². The molecule has 78 valence electrons. The molecule has 0 saturated carbocycles. The SMILES string of the molecule is CC(S)CCCCC1CCCCO1. The van der Waals surface area contributed by atoms with Crippen molar-refractivity contribution in [2.75, 3.05) is 6.61 Å². The summed E-state index contributed by atoms with van der Waals surface area (Å²) >= 11 is 4.37. The fourth-order valence-electron chi connectivity index (χ4n) is 1.85. The van der Waals surface area contributed by atoms with Gasteiger partial charge in [0.15, 0.2) is 0 Å². The molecule has 2 heteroatoms. The van der Waals surface area contributed by atoms with Crippen LogP contribution in [0.4, 0.5) is 0 Å². The summed E-state index contributed by atoms with van der Waals surface area (Å²) in [5, 5.41) is 0.562. The van der Waals surface area contributed by atoms with Gasteiger partial charge in [-0.05, 0) is 37.4 Å². The molecule has 1 nitrogen and oxygen atoms in total. The van der Waals surface area contributed by atoms with Crippen molar-refractivity contribution < 1.29 is 4.74 Å². The molecule has 0 radical (unpaired) electrons. The van der Waals surface area contributed by atoms with Gasteiger partial charge in [-0.3, -0.25) is 0 Å². The van der Waals surface area contributed by atoms with Crippen molar-refractivity contribution in [3.63, 3.8) is 0 Å². The summed E-state index contributed by atoms with van der Waals surface area (Å²) in [6, 6.07) is 0. The molecule has 0 aromatic rings. The summed E-state index contributed by atoms with van der Waals surface area (Å²) in [7, 11) is 0. The van der Waals surface area contributed by atoms with Gasteiger partial charge in [0.05, 0.1) is 6.10 Å². The highest BCUT2D eigenvalue weighted by Gasteiger charge is 2.12. The molecule has 0 aromatic heterocycles. The quantitative estimate of drug-likeness (QED) is 0.531. The fraction of sp³-hybridized carbons (Fsp3) is 1.00. The van der Waals surface area contributed by atoms with Crippen molar-refractivity contribution in [2.24, 2.45) is 0 Å². The Bertz CT molecular complexity index is 119. The maximum atomic E-state index is 5.67.